The summed E-state index contributed by atoms with van der Waals surface area (Å²) >= 11 is 0. The van der Waals surface area contributed by atoms with Crippen LogP contribution in [0.3, 0.4) is 0 Å². The fraction of sp³-hybridized carbons (Fsp3) is 0.950. The first kappa shape index (κ1) is 30.4. The van der Waals surface area contributed by atoms with Gasteiger partial charge in [-0.1, -0.05) is 0 Å². The number of rotatable bonds is 8. The summed E-state index contributed by atoms with van der Waals surface area (Å²) in [6.45, 7) is -0.686. The van der Waals surface area contributed by atoms with E-state index in [1.54, 1.807) is 0 Å². The predicted molar refractivity (Wildman–Crippen MR) is 113 cm³/mol. The van der Waals surface area contributed by atoms with Crippen molar-refractivity contribution in [3.05, 3.63) is 0 Å². The van der Waals surface area contributed by atoms with E-state index in [1.165, 1.54) is 0 Å². The zero-order valence-corrected chi connectivity index (χ0v) is 19.7. The highest BCUT2D eigenvalue weighted by Crippen LogP contribution is 2.27. The minimum atomic E-state index is -1.83. The van der Waals surface area contributed by atoms with Crippen LogP contribution in [0.5, 0.6) is 0 Å². The number of hydrogen-bond donors (Lipinski definition) is 11. The van der Waals surface area contributed by atoms with E-state index in [1.807, 2.05) is 0 Å². The molecule has 3 saturated heterocycles. The van der Waals surface area contributed by atoms with E-state index in [-0.39, 0.29) is 0 Å². The van der Waals surface area contributed by atoms with Crippen LogP contribution < -0.4 is 5.32 Å². The number of nitrogens with one attached hydrogen (secondary N) is 1. The second-order valence-corrected chi connectivity index (χ2v) is 9.15. The van der Waals surface area contributed by atoms with Crippen LogP contribution in [0.25, 0.3) is 0 Å². The third-order valence-corrected chi connectivity index (χ3v) is 6.46. The summed E-state index contributed by atoms with van der Waals surface area (Å²) in [5.41, 5.74) is 0. The average molecular weight is 545 g/mol. The minimum Gasteiger partial charge on any atom is -0.394 e. The summed E-state index contributed by atoms with van der Waals surface area (Å²) in [5.74, 6) is -0.591. The minimum absolute atomic E-state index is 0.557. The third kappa shape index (κ3) is 6.72. The lowest BCUT2D eigenvalue weighted by Crippen LogP contribution is -2.65. The quantitative estimate of drug-likeness (QED) is 0.135. The number of hydrogen-bond acceptors (Lipinski definition) is 16. The Morgan fingerprint density at radius 3 is 1.70 bits per heavy atom. The molecule has 3 aliphatic heterocycles. The highest BCUT2D eigenvalue weighted by atomic mass is 16.7. The molecule has 0 bridgehead atoms. The monoisotopic (exact) mass is 545 g/mol. The molecule has 3 heterocycles. The average Bonchev–Trinajstić information content (AvgIpc) is 2.86. The summed E-state index contributed by atoms with van der Waals surface area (Å²) in [6.07, 6.45) is -22.5. The Morgan fingerprint density at radius 1 is 0.649 bits per heavy atom. The molecule has 37 heavy (non-hydrogen) atoms. The van der Waals surface area contributed by atoms with Crippen LogP contribution >= 0.6 is 0 Å². The van der Waals surface area contributed by atoms with E-state index in [4.69, 9.17) is 23.7 Å². The third-order valence-electron chi connectivity index (χ3n) is 6.46. The summed E-state index contributed by atoms with van der Waals surface area (Å²) in [7, 11) is 0. The van der Waals surface area contributed by atoms with Gasteiger partial charge in [0, 0.05) is 6.92 Å². The van der Waals surface area contributed by atoms with Gasteiger partial charge in [0.25, 0.3) is 0 Å². The lowest BCUT2D eigenvalue weighted by molar-refractivity contribution is -0.334. The van der Waals surface area contributed by atoms with Crippen molar-refractivity contribution in [1.29, 1.82) is 0 Å². The molecule has 17 nitrogen and oxygen atoms in total. The lowest BCUT2D eigenvalue weighted by Gasteiger charge is -2.44. The Hall–Kier alpha value is -1.13. The molecule has 0 spiro atoms. The van der Waals surface area contributed by atoms with Crippen LogP contribution in [-0.2, 0) is 28.5 Å². The van der Waals surface area contributed by atoms with Gasteiger partial charge in [-0.25, -0.2) is 0 Å². The maximum Gasteiger partial charge on any atom is 0.217 e. The van der Waals surface area contributed by atoms with Crippen LogP contribution in [0.15, 0.2) is 0 Å². The van der Waals surface area contributed by atoms with Crippen LogP contribution in [0.4, 0.5) is 0 Å². The zero-order valence-electron chi connectivity index (χ0n) is 19.7. The number of carbonyl (C=O) groups is 1. The van der Waals surface area contributed by atoms with Gasteiger partial charge in [-0.3, -0.25) is 4.79 Å². The van der Waals surface area contributed by atoms with Gasteiger partial charge in [-0.05, 0) is 0 Å². The van der Waals surface area contributed by atoms with Gasteiger partial charge in [0.05, 0.1) is 19.8 Å². The van der Waals surface area contributed by atoms with Crippen molar-refractivity contribution in [3.8, 4) is 0 Å². The summed E-state index contributed by atoms with van der Waals surface area (Å²) in [6, 6.07) is -1.28. The van der Waals surface area contributed by atoms with Crippen molar-refractivity contribution in [1.82, 2.24) is 5.32 Å². The van der Waals surface area contributed by atoms with E-state index in [2.05, 4.69) is 5.32 Å². The Labute approximate surface area is 210 Å². The van der Waals surface area contributed by atoms with E-state index in [0.717, 1.165) is 6.92 Å². The van der Waals surface area contributed by atoms with Crippen LogP contribution in [0.1, 0.15) is 6.92 Å². The lowest BCUT2D eigenvalue weighted by atomic mass is 9.96. The van der Waals surface area contributed by atoms with Crippen molar-refractivity contribution in [2.45, 2.75) is 99.0 Å². The zero-order chi connectivity index (χ0) is 27.6. The van der Waals surface area contributed by atoms with E-state index in [0.29, 0.717) is 0 Å². The largest absolute Gasteiger partial charge is 0.394 e. The molecule has 0 radical (unpaired) electrons. The smallest absolute Gasteiger partial charge is 0.217 e. The molecule has 0 saturated carbocycles. The first-order chi connectivity index (χ1) is 17.4. The predicted octanol–water partition coefficient (Wildman–Crippen LogP) is -7.43. The van der Waals surface area contributed by atoms with Gasteiger partial charge in [0.15, 0.2) is 18.9 Å². The number of aliphatic hydroxyl groups is 10. The van der Waals surface area contributed by atoms with Crippen molar-refractivity contribution in [2.24, 2.45) is 0 Å². The van der Waals surface area contributed by atoms with E-state index in [9.17, 15) is 55.9 Å². The Kier molecular flexibility index (Phi) is 10.5. The Bertz CT molecular complexity index is 747. The van der Waals surface area contributed by atoms with Crippen LogP contribution in [-0.4, -0.2) is 169 Å². The molecule has 1 amide bonds. The van der Waals surface area contributed by atoms with Crippen molar-refractivity contribution < 1.29 is 79.5 Å². The fourth-order valence-electron chi connectivity index (χ4n) is 4.25. The molecule has 0 aliphatic carbocycles. The van der Waals surface area contributed by atoms with Crippen molar-refractivity contribution >= 4 is 5.91 Å². The molecular formula is C20H35NO16. The first-order valence-electron chi connectivity index (χ1n) is 11.6. The van der Waals surface area contributed by atoms with Gasteiger partial charge in [-0.2, -0.15) is 0 Å². The van der Waals surface area contributed by atoms with Gasteiger partial charge in [0.2, 0.25) is 5.91 Å². The SMILES string of the molecule is CC(=O)N[C@H]1[C@H](OC[C@H]2O[C@H](OC[C@@H]3O[C@@H](O)[C@@H](O)[C@H](O)[C@@H]3O)[C@@H](O)[C@H](O)[C@@H]2O)O[C@H](CO)[C@@H](O)[C@H]1O. The Morgan fingerprint density at radius 2 is 1.14 bits per heavy atom. The number of amides is 1. The molecule has 0 aromatic heterocycles. The molecule has 3 rings (SSSR count). The molecular weight excluding hydrogens is 510 g/mol. The molecule has 15 atom stereocenters. The topological polar surface area (TPSA) is 278 Å². The standard InChI is InChI=1S/C20H35NO16/c1-5(23)21-9-13(27)10(24)6(2-22)36-19(9)33-4-8-12(26)15(29)17(31)20(37-8)34-3-7-11(25)14(28)16(30)18(32)35-7/h6-20,22,24-32H,2-4H2,1H3,(H,21,23)/t6-,7+,8-,9-,10-,11-,12-,13+,14-,15-,16+,17+,18-,19-,20+/m1/s1. The van der Waals surface area contributed by atoms with Gasteiger partial charge in [-0.15, -0.1) is 0 Å². The van der Waals surface area contributed by atoms with Crippen molar-refractivity contribution in [3.63, 3.8) is 0 Å². The molecule has 3 aliphatic rings. The molecule has 3 fully saturated rings. The number of ether oxygens (including phenoxy) is 5. The van der Waals surface area contributed by atoms with E-state index < -0.39 is 118 Å². The first-order valence-corrected chi connectivity index (χ1v) is 11.6. The summed E-state index contributed by atoms with van der Waals surface area (Å²) in [4.78, 5) is 11.5. The molecule has 0 aromatic carbocycles. The maximum absolute atomic E-state index is 11.5. The molecule has 17 heteroatoms. The van der Waals surface area contributed by atoms with Crippen molar-refractivity contribution in [2.75, 3.05) is 19.8 Å². The maximum atomic E-state index is 11.5. The fourth-order valence-corrected chi connectivity index (χ4v) is 4.25. The van der Waals surface area contributed by atoms with Gasteiger partial charge >= 0.3 is 0 Å². The number of carbonyl (C=O) groups excluding carboxylic acids is 1. The highest BCUT2D eigenvalue weighted by Gasteiger charge is 2.49. The molecule has 11 N–H and O–H groups in total. The Balaban J connectivity index is 1.63. The number of aliphatic hydroxyl groups excluding tert-OH is 10. The van der Waals surface area contributed by atoms with Gasteiger partial charge < -0.3 is 80.1 Å². The second-order valence-electron chi connectivity index (χ2n) is 9.15. The molecule has 216 valence electrons. The molecule has 0 aromatic rings. The second kappa shape index (κ2) is 12.8. The summed E-state index contributed by atoms with van der Waals surface area (Å²) < 4.78 is 26.7. The summed E-state index contributed by atoms with van der Waals surface area (Å²) in [5, 5.41) is 102. The van der Waals surface area contributed by atoms with Crippen LogP contribution in [0, 0.1) is 0 Å². The van der Waals surface area contributed by atoms with Crippen LogP contribution in [0.2, 0.25) is 0 Å². The van der Waals surface area contributed by atoms with Gasteiger partial charge in [0.1, 0.15) is 73.2 Å². The highest BCUT2D eigenvalue weighted by molar-refractivity contribution is 5.73. The molecule has 0 unspecified atom stereocenters. The van der Waals surface area contributed by atoms with E-state index >= 15 is 0 Å². The normalized spacial score (nSPS) is 49.0.